The third-order valence-corrected chi connectivity index (χ3v) is 6.90. The second kappa shape index (κ2) is 9.00. The van der Waals surface area contributed by atoms with Gasteiger partial charge in [-0.15, -0.1) is 0 Å². The standard InChI is InChI=1S/C26H21ClN4O2S/c1-15-12-16(2)23-21(13-15)34-26(29-23)31(14-18-8-6-7-11-28-18)25(32)22-17(3)33-30-24(22)19-9-4-5-10-20(19)27/h4-13H,14H2,1-3H3. The van der Waals surface area contributed by atoms with Crippen LogP contribution in [-0.2, 0) is 6.54 Å². The Morgan fingerprint density at radius 2 is 1.88 bits per heavy atom. The SMILES string of the molecule is Cc1cc(C)c2nc(N(Cc3ccccn3)C(=O)c3c(-c4ccccc4Cl)noc3C)sc2c1. The molecule has 1 amide bonds. The molecule has 0 aliphatic heterocycles. The van der Waals surface area contributed by atoms with E-state index >= 15 is 0 Å². The van der Waals surface area contributed by atoms with Gasteiger partial charge in [-0.2, -0.15) is 0 Å². The number of aryl methyl sites for hydroxylation is 3. The lowest BCUT2D eigenvalue weighted by atomic mass is 10.0. The molecule has 0 aliphatic carbocycles. The van der Waals surface area contributed by atoms with Gasteiger partial charge in [0, 0.05) is 11.8 Å². The number of carbonyl (C=O) groups is 1. The second-order valence-corrected chi connectivity index (χ2v) is 9.50. The van der Waals surface area contributed by atoms with E-state index in [1.165, 1.54) is 11.3 Å². The third kappa shape index (κ3) is 4.08. The van der Waals surface area contributed by atoms with E-state index in [0.717, 1.165) is 27.0 Å². The van der Waals surface area contributed by atoms with Gasteiger partial charge in [-0.1, -0.05) is 58.4 Å². The molecule has 0 atom stereocenters. The van der Waals surface area contributed by atoms with E-state index in [9.17, 15) is 4.79 Å². The van der Waals surface area contributed by atoms with Gasteiger partial charge in [0.1, 0.15) is 17.0 Å². The fourth-order valence-electron chi connectivity index (χ4n) is 3.95. The number of thiazole rings is 1. The summed E-state index contributed by atoms with van der Waals surface area (Å²) in [7, 11) is 0. The van der Waals surface area contributed by atoms with Crippen molar-refractivity contribution < 1.29 is 9.32 Å². The van der Waals surface area contributed by atoms with Gasteiger partial charge in [0.2, 0.25) is 0 Å². The summed E-state index contributed by atoms with van der Waals surface area (Å²) in [5, 5.41) is 5.26. The van der Waals surface area contributed by atoms with Crippen molar-refractivity contribution >= 4 is 44.2 Å². The van der Waals surface area contributed by atoms with Crippen molar-refractivity contribution in [3.8, 4) is 11.3 Å². The number of nitrogens with zero attached hydrogens (tertiary/aromatic N) is 4. The van der Waals surface area contributed by atoms with Crippen LogP contribution in [0, 0.1) is 20.8 Å². The Balaban J connectivity index is 1.65. The zero-order valence-electron chi connectivity index (χ0n) is 18.9. The number of benzene rings is 2. The Labute approximate surface area is 205 Å². The summed E-state index contributed by atoms with van der Waals surface area (Å²) in [6.45, 7) is 6.07. The monoisotopic (exact) mass is 488 g/mol. The molecule has 34 heavy (non-hydrogen) atoms. The van der Waals surface area contributed by atoms with Crippen molar-refractivity contribution in [1.29, 1.82) is 0 Å². The normalized spacial score (nSPS) is 11.2. The van der Waals surface area contributed by atoms with E-state index in [0.29, 0.717) is 32.7 Å². The molecule has 0 saturated heterocycles. The molecule has 0 aliphatic rings. The lowest BCUT2D eigenvalue weighted by molar-refractivity contribution is 0.0984. The number of rotatable bonds is 5. The molecule has 0 spiro atoms. The molecule has 0 radical (unpaired) electrons. The Morgan fingerprint density at radius 3 is 2.65 bits per heavy atom. The molecule has 0 N–H and O–H groups in total. The molecule has 0 unspecified atom stereocenters. The number of aromatic nitrogens is 3. The van der Waals surface area contributed by atoms with E-state index < -0.39 is 0 Å². The van der Waals surface area contributed by atoms with Gasteiger partial charge in [0.05, 0.1) is 27.5 Å². The topological polar surface area (TPSA) is 72.1 Å². The zero-order valence-corrected chi connectivity index (χ0v) is 20.4. The molecule has 8 heteroatoms. The van der Waals surface area contributed by atoms with Gasteiger partial charge in [-0.25, -0.2) is 4.98 Å². The summed E-state index contributed by atoms with van der Waals surface area (Å²) in [5.41, 5.74) is 5.26. The van der Waals surface area contributed by atoms with Crippen LogP contribution in [0.2, 0.25) is 5.02 Å². The minimum atomic E-state index is -0.271. The Bertz CT molecular complexity index is 1510. The minimum Gasteiger partial charge on any atom is -0.360 e. The van der Waals surface area contributed by atoms with Crippen LogP contribution in [-0.4, -0.2) is 21.0 Å². The fourth-order valence-corrected chi connectivity index (χ4v) is 5.32. The van der Waals surface area contributed by atoms with Crippen molar-refractivity contribution in [2.75, 3.05) is 4.90 Å². The van der Waals surface area contributed by atoms with Gasteiger partial charge < -0.3 is 4.52 Å². The van der Waals surface area contributed by atoms with Crippen LogP contribution in [0.1, 0.15) is 32.9 Å². The molecule has 2 aromatic carbocycles. The van der Waals surface area contributed by atoms with E-state index in [1.807, 2.05) is 43.3 Å². The highest BCUT2D eigenvalue weighted by Crippen LogP contribution is 2.36. The number of pyridine rings is 1. The molecule has 5 aromatic rings. The largest absolute Gasteiger partial charge is 0.360 e. The second-order valence-electron chi connectivity index (χ2n) is 8.08. The molecular weight excluding hydrogens is 468 g/mol. The first kappa shape index (κ1) is 22.3. The van der Waals surface area contributed by atoms with Crippen LogP contribution in [0.15, 0.2) is 65.3 Å². The summed E-state index contributed by atoms with van der Waals surface area (Å²) >= 11 is 7.91. The van der Waals surface area contributed by atoms with Gasteiger partial charge in [-0.05, 0) is 56.2 Å². The maximum absolute atomic E-state index is 14.1. The quantitative estimate of drug-likeness (QED) is 0.273. The molecule has 5 rings (SSSR count). The summed E-state index contributed by atoms with van der Waals surface area (Å²) < 4.78 is 6.49. The summed E-state index contributed by atoms with van der Waals surface area (Å²) in [5.74, 6) is 0.145. The molecular formula is C26H21ClN4O2S. The van der Waals surface area contributed by atoms with Crippen LogP contribution >= 0.6 is 22.9 Å². The average Bonchev–Trinajstić information content (AvgIpc) is 3.42. The summed E-state index contributed by atoms with van der Waals surface area (Å²) in [6.07, 6.45) is 1.71. The van der Waals surface area contributed by atoms with Gasteiger partial charge in [0.25, 0.3) is 5.91 Å². The van der Waals surface area contributed by atoms with Crippen LogP contribution < -0.4 is 4.90 Å². The van der Waals surface area contributed by atoms with Crippen molar-refractivity contribution in [2.45, 2.75) is 27.3 Å². The molecule has 3 heterocycles. The maximum Gasteiger partial charge on any atom is 0.266 e. The third-order valence-electron chi connectivity index (χ3n) is 5.55. The fraction of sp³-hybridized carbons (Fsp3) is 0.154. The molecule has 0 bridgehead atoms. The smallest absolute Gasteiger partial charge is 0.266 e. The number of fused-ring (bicyclic) bond motifs is 1. The number of hydrogen-bond acceptors (Lipinski definition) is 6. The van der Waals surface area contributed by atoms with E-state index in [-0.39, 0.29) is 12.5 Å². The number of carbonyl (C=O) groups excluding carboxylic acids is 1. The molecule has 6 nitrogen and oxygen atoms in total. The average molecular weight is 489 g/mol. The predicted molar refractivity (Wildman–Crippen MR) is 136 cm³/mol. The molecule has 3 aromatic heterocycles. The number of hydrogen-bond donors (Lipinski definition) is 0. The van der Waals surface area contributed by atoms with Crippen molar-refractivity contribution in [3.05, 3.63) is 94.0 Å². The Kier molecular flexibility index (Phi) is 5.89. The Hall–Kier alpha value is -3.55. The van der Waals surface area contributed by atoms with Crippen LogP contribution in [0.4, 0.5) is 5.13 Å². The van der Waals surface area contributed by atoms with Gasteiger partial charge in [0.15, 0.2) is 5.13 Å². The number of anilines is 1. The van der Waals surface area contributed by atoms with Crippen molar-refractivity contribution in [3.63, 3.8) is 0 Å². The van der Waals surface area contributed by atoms with Gasteiger partial charge in [-0.3, -0.25) is 14.7 Å². The lowest BCUT2D eigenvalue weighted by Crippen LogP contribution is -2.31. The van der Waals surface area contributed by atoms with Crippen LogP contribution in [0.25, 0.3) is 21.5 Å². The predicted octanol–water partition coefficient (Wildman–Crippen LogP) is 6.77. The number of halogens is 1. The highest BCUT2D eigenvalue weighted by Gasteiger charge is 2.30. The van der Waals surface area contributed by atoms with E-state index in [4.69, 9.17) is 21.1 Å². The van der Waals surface area contributed by atoms with Gasteiger partial charge >= 0.3 is 0 Å². The number of amides is 1. The summed E-state index contributed by atoms with van der Waals surface area (Å²) in [4.78, 5) is 25.0. The zero-order chi connectivity index (χ0) is 23.8. The molecule has 170 valence electrons. The first-order valence-electron chi connectivity index (χ1n) is 10.7. The Morgan fingerprint density at radius 1 is 1.09 bits per heavy atom. The van der Waals surface area contributed by atoms with E-state index in [1.54, 1.807) is 24.1 Å². The molecule has 0 saturated carbocycles. The summed E-state index contributed by atoms with van der Waals surface area (Å²) in [6, 6.07) is 17.1. The van der Waals surface area contributed by atoms with Crippen LogP contribution in [0.5, 0.6) is 0 Å². The lowest BCUT2D eigenvalue weighted by Gasteiger charge is -2.19. The van der Waals surface area contributed by atoms with Crippen molar-refractivity contribution in [1.82, 2.24) is 15.1 Å². The molecule has 0 fully saturated rings. The maximum atomic E-state index is 14.1. The van der Waals surface area contributed by atoms with E-state index in [2.05, 4.69) is 29.2 Å². The highest BCUT2D eigenvalue weighted by atomic mass is 35.5. The van der Waals surface area contributed by atoms with Crippen LogP contribution in [0.3, 0.4) is 0 Å². The van der Waals surface area contributed by atoms with Crippen molar-refractivity contribution in [2.24, 2.45) is 0 Å². The first-order valence-corrected chi connectivity index (χ1v) is 11.9. The minimum absolute atomic E-state index is 0.254. The highest BCUT2D eigenvalue weighted by molar-refractivity contribution is 7.22. The first-order chi connectivity index (χ1) is 16.4.